The van der Waals surface area contributed by atoms with Crippen molar-refractivity contribution < 1.29 is 24.4 Å². The Morgan fingerprint density at radius 1 is 1.00 bits per heavy atom. The van der Waals surface area contributed by atoms with Gasteiger partial charge in [0.25, 0.3) is 0 Å². The summed E-state index contributed by atoms with van der Waals surface area (Å²) in [5.41, 5.74) is 8.20. The number of hydrazine groups is 1. The number of alkyl halides is 1. The van der Waals surface area contributed by atoms with E-state index < -0.39 is 7.12 Å². The molecule has 0 spiro atoms. The molecule has 5 fully saturated rings. The number of hydrogen-bond donors (Lipinski definition) is 6. The van der Waals surface area contributed by atoms with Crippen molar-refractivity contribution in [1.82, 2.24) is 26.4 Å². The van der Waals surface area contributed by atoms with Gasteiger partial charge >= 0.3 is 7.12 Å². The molecule has 1 saturated heterocycles. The van der Waals surface area contributed by atoms with Crippen LogP contribution in [0.2, 0.25) is 5.82 Å². The smallest absolute Gasteiger partial charge is 0.427 e. The summed E-state index contributed by atoms with van der Waals surface area (Å²) < 4.78 is 5.87. The van der Waals surface area contributed by atoms with Crippen LogP contribution in [0, 0.1) is 29.6 Å². The summed E-state index contributed by atoms with van der Waals surface area (Å²) >= 11 is 6.52. The van der Waals surface area contributed by atoms with E-state index >= 15 is 0 Å². The number of ether oxygens (including phenoxy) is 1. The lowest BCUT2D eigenvalue weighted by molar-refractivity contribution is -0.130. The first-order valence-corrected chi connectivity index (χ1v) is 18.6. The van der Waals surface area contributed by atoms with E-state index in [1.165, 1.54) is 5.71 Å². The third-order valence-electron chi connectivity index (χ3n) is 12.4. The zero-order valence-corrected chi connectivity index (χ0v) is 28.5. The average molecular weight is 663 g/mol. The zero-order valence-electron chi connectivity index (χ0n) is 27.7. The highest BCUT2D eigenvalue weighted by atomic mass is 35.5. The highest BCUT2D eigenvalue weighted by Crippen LogP contribution is 2.48. The first-order chi connectivity index (χ1) is 22.2. The second-order valence-electron chi connectivity index (χ2n) is 15.1. The molecular weight excluding hydrogens is 607 g/mol. The number of carbonyl (C=O) groups excluding carboxylic acids is 2. The third-order valence-corrected chi connectivity index (χ3v) is 12.8. The number of hydrogen-bond acceptors (Lipinski definition) is 9. The Morgan fingerprint density at radius 3 is 2.54 bits per heavy atom. The summed E-state index contributed by atoms with van der Waals surface area (Å²) in [6.45, 7) is 2.96. The maximum atomic E-state index is 13.4. The normalized spacial score (nSPS) is 41.3. The molecule has 4 saturated carbocycles. The standard InChI is InChI=1S/C33H56BClN6O5/c1-19-39-40-32-28(38-31(20-6-9-23(35)10-7-20)27-17-24(46-2)11-13-29(27)41(19)32)18-30(42)36-14-15-37-33(43)26-5-3-4-21-16-22(34(44)45)8-12-25(21)26/h19-29,32,39-40,44-45H,3-18H2,1-2H3,(H,36,42)(H,37,43)/t19?,20?,21?,22?,23?,24?,25?,26?,27?,28-,29?,32?/m0/s1. The van der Waals surface area contributed by atoms with Crippen LogP contribution in [0.25, 0.3) is 0 Å². The average Bonchev–Trinajstić information content (AvgIpc) is 3.39. The van der Waals surface area contributed by atoms with Crippen molar-refractivity contribution in [2.45, 2.75) is 139 Å². The van der Waals surface area contributed by atoms with Crippen LogP contribution in [-0.4, -0.2) is 95.7 Å². The van der Waals surface area contributed by atoms with E-state index in [0.717, 1.165) is 83.5 Å². The maximum absolute atomic E-state index is 13.4. The van der Waals surface area contributed by atoms with Crippen LogP contribution in [0.4, 0.5) is 0 Å². The Bertz CT molecular complexity index is 1090. The van der Waals surface area contributed by atoms with Gasteiger partial charge in [-0.05, 0) is 94.7 Å². The van der Waals surface area contributed by atoms with E-state index in [1.807, 2.05) is 7.11 Å². The molecule has 2 aliphatic heterocycles. The van der Waals surface area contributed by atoms with Gasteiger partial charge in [-0.1, -0.05) is 19.3 Å². The van der Waals surface area contributed by atoms with Crippen molar-refractivity contribution in [1.29, 1.82) is 0 Å². The van der Waals surface area contributed by atoms with E-state index in [-0.39, 0.29) is 59.8 Å². The molecule has 0 radical (unpaired) electrons. The molecule has 0 aromatic rings. The van der Waals surface area contributed by atoms with E-state index in [0.29, 0.717) is 42.8 Å². The summed E-state index contributed by atoms with van der Waals surface area (Å²) in [5, 5.41) is 25.7. The predicted octanol–water partition coefficient (Wildman–Crippen LogP) is 2.55. The van der Waals surface area contributed by atoms with Crippen LogP contribution in [0.3, 0.4) is 0 Å². The number of nitrogens with one attached hydrogen (secondary N) is 4. The zero-order chi connectivity index (χ0) is 32.4. The number of methoxy groups -OCH3 is 1. The highest BCUT2D eigenvalue weighted by Gasteiger charge is 2.50. The lowest BCUT2D eigenvalue weighted by atomic mass is 9.55. The van der Waals surface area contributed by atoms with Gasteiger partial charge in [0.2, 0.25) is 11.8 Å². The van der Waals surface area contributed by atoms with E-state index in [2.05, 4.69) is 33.3 Å². The van der Waals surface area contributed by atoms with Gasteiger partial charge in [-0.15, -0.1) is 11.6 Å². The Morgan fingerprint density at radius 2 is 1.78 bits per heavy atom. The van der Waals surface area contributed by atoms with Gasteiger partial charge in [0.15, 0.2) is 0 Å². The molecule has 11 nitrogen and oxygen atoms in total. The van der Waals surface area contributed by atoms with Crippen molar-refractivity contribution in [2.24, 2.45) is 34.6 Å². The molecule has 6 rings (SSSR count). The van der Waals surface area contributed by atoms with Crippen molar-refractivity contribution in [2.75, 3.05) is 20.2 Å². The summed E-state index contributed by atoms with van der Waals surface area (Å²) in [4.78, 5) is 34.6. The van der Waals surface area contributed by atoms with Crippen molar-refractivity contribution in [3.8, 4) is 0 Å². The molecule has 0 aromatic heterocycles. The molecule has 9 unspecified atom stereocenters. The van der Waals surface area contributed by atoms with Crippen LogP contribution < -0.4 is 21.5 Å². The largest absolute Gasteiger partial charge is 0.454 e. The van der Waals surface area contributed by atoms with E-state index in [4.69, 9.17) is 21.3 Å². The molecule has 13 heteroatoms. The van der Waals surface area contributed by atoms with E-state index in [1.54, 1.807) is 0 Å². The predicted molar refractivity (Wildman–Crippen MR) is 179 cm³/mol. The Hall–Kier alpha value is -1.28. The summed E-state index contributed by atoms with van der Waals surface area (Å²) in [7, 11) is 0.553. The van der Waals surface area contributed by atoms with Crippen LogP contribution in [0.15, 0.2) is 4.99 Å². The van der Waals surface area contributed by atoms with E-state index in [9.17, 15) is 19.6 Å². The number of aliphatic imine (C=N–C) groups is 1. The van der Waals surface area contributed by atoms with Crippen molar-refractivity contribution in [3.63, 3.8) is 0 Å². The molecular formula is C33H56BClN6O5. The Labute approximate surface area is 279 Å². The molecule has 2 heterocycles. The topological polar surface area (TPSA) is 148 Å². The van der Waals surface area contributed by atoms with Gasteiger partial charge in [-0.25, -0.2) is 10.9 Å². The van der Waals surface area contributed by atoms with Crippen LogP contribution >= 0.6 is 11.6 Å². The minimum Gasteiger partial charge on any atom is -0.427 e. The fraction of sp³-hybridized carbons (Fsp3) is 0.909. The van der Waals surface area contributed by atoms with Crippen LogP contribution in [0.1, 0.15) is 96.8 Å². The molecule has 4 aliphatic carbocycles. The molecule has 0 aromatic carbocycles. The summed E-state index contributed by atoms with van der Waals surface area (Å²) in [5.74, 6) is 1.29. The van der Waals surface area contributed by atoms with Crippen LogP contribution in [0.5, 0.6) is 0 Å². The lowest BCUT2D eigenvalue weighted by Gasteiger charge is -2.44. The molecule has 6 aliphatic rings. The molecule has 6 N–H and O–H groups in total. The molecule has 0 bridgehead atoms. The number of halogens is 1. The SMILES string of the molecule is COC1CCC2C(C1)C(C1CCC(Cl)CC1)=N[C@@H](CC(=O)NCCNC(=O)C1CCCC3CC(B(O)O)CCC31)C1NNC(C)N21. The second kappa shape index (κ2) is 15.5. The van der Waals surface area contributed by atoms with Gasteiger partial charge < -0.3 is 25.4 Å². The van der Waals surface area contributed by atoms with Crippen molar-refractivity contribution >= 4 is 36.2 Å². The monoisotopic (exact) mass is 662 g/mol. The first kappa shape index (κ1) is 34.6. The third kappa shape index (κ3) is 7.63. The summed E-state index contributed by atoms with van der Waals surface area (Å²) in [6, 6.07) is 0.113. The van der Waals surface area contributed by atoms with Gasteiger partial charge in [0.1, 0.15) is 0 Å². The number of amides is 2. The Balaban J connectivity index is 1.07. The lowest BCUT2D eigenvalue weighted by Crippen LogP contribution is -2.55. The molecule has 258 valence electrons. The molecule has 46 heavy (non-hydrogen) atoms. The first-order valence-electron chi connectivity index (χ1n) is 18.2. The molecule has 10 atom stereocenters. The minimum atomic E-state index is -1.26. The fourth-order valence-electron chi connectivity index (χ4n) is 10.0. The van der Waals surface area contributed by atoms with Gasteiger partial charge in [-0.2, -0.15) is 0 Å². The van der Waals surface area contributed by atoms with Gasteiger partial charge in [0, 0.05) is 49.2 Å². The number of carbonyl (C=O) groups is 2. The number of fused-ring (bicyclic) bond motifs is 4. The van der Waals surface area contributed by atoms with Crippen molar-refractivity contribution in [3.05, 3.63) is 0 Å². The fourth-order valence-corrected chi connectivity index (χ4v) is 10.3. The number of nitrogens with zero attached hydrogens (tertiary/aromatic N) is 2. The highest BCUT2D eigenvalue weighted by molar-refractivity contribution is 6.43. The second-order valence-corrected chi connectivity index (χ2v) is 15.7. The Kier molecular flexibility index (Phi) is 11.7. The number of rotatable bonds is 9. The van der Waals surface area contributed by atoms with Crippen LogP contribution in [-0.2, 0) is 14.3 Å². The maximum Gasteiger partial charge on any atom is 0.454 e. The summed E-state index contributed by atoms with van der Waals surface area (Å²) in [6.07, 6.45) is 13.1. The quantitative estimate of drug-likeness (QED) is 0.126. The van der Waals surface area contributed by atoms with Gasteiger partial charge in [0.05, 0.1) is 30.9 Å². The molecule has 2 amide bonds. The minimum absolute atomic E-state index is 0.0333. The van der Waals surface area contributed by atoms with Gasteiger partial charge in [-0.3, -0.25) is 19.5 Å².